The van der Waals surface area contributed by atoms with Crippen molar-refractivity contribution in [3.05, 3.63) is 39.8 Å². The minimum Gasteiger partial charge on any atom is -0.508 e. The molecule has 0 atom stereocenters. The van der Waals surface area contributed by atoms with Crippen molar-refractivity contribution in [2.24, 2.45) is 0 Å². The van der Waals surface area contributed by atoms with Gasteiger partial charge in [-0.15, -0.1) is 11.3 Å². The first kappa shape index (κ1) is 10.4. The van der Waals surface area contributed by atoms with Crippen LogP contribution in [0.5, 0.6) is 5.75 Å². The van der Waals surface area contributed by atoms with Gasteiger partial charge in [-0.05, 0) is 33.6 Å². The summed E-state index contributed by atoms with van der Waals surface area (Å²) in [6.07, 6.45) is 0. The molecule has 2 N–H and O–H groups in total. The average molecular weight is 285 g/mol. The van der Waals surface area contributed by atoms with Crippen molar-refractivity contribution >= 4 is 32.4 Å². The molecule has 0 unspecified atom stereocenters. The smallest absolute Gasteiger partial charge is 0.184 e. The molecule has 0 amide bonds. The number of phenols is 1. The van der Waals surface area contributed by atoms with Crippen LogP contribution in [0.15, 0.2) is 34.2 Å². The summed E-state index contributed by atoms with van der Waals surface area (Å²) in [5, 5.41) is 15.2. The van der Waals surface area contributed by atoms with Gasteiger partial charge in [0.25, 0.3) is 0 Å². The van der Waals surface area contributed by atoms with Crippen molar-refractivity contribution in [2.75, 3.05) is 5.32 Å². The van der Waals surface area contributed by atoms with Gasteiger partial charge in [-0.1, -0.05) is 12.1 Å². The maximum atomic E-state index is 9.27. The number of anilines is 1. The highest BCUT2D eigenvalue weighted by Gasteiger charge is 1.99. The number of rotatable bonds is 3. The van der Waals surface area contributed by atoms with E-state index < -0.39 is 0 Å². The van der Waals surface area contributed by atoms with Crippen LogP contribution in [-0.2, 0) is 6.54 Å². The Hall–Kier alpha value is -1.07. The fourth-order valence-electron chi connectivity index (χ4n) is 1.18. The molecule has 2 rings (SSSR count). The van der Waals surface area contributed by atoms with E-state index in [9.17, 15) is 5.11 Å². The Kier molecular flexibility index (Phi) is 3.23. The fraction of sp³-hybridized carbons (Fsp3) is 0.100. The molecule has 0 bridgehead atoms. The lowest BCUT2D eigenvalue weighted by molar-refractivity contribution is 0.474. The van der Waals surface area contributed by atoms with Crippen molar-refractivity contribution in [1.82, 2.24) is 4.98 Å². The number of benzene rings is 1. The Balaban J connectivity index is 1.99. The second kappa shape index (κ2) is 4.63. The monoisotopic (exact) mass is 284 g/mol. The van der Waals surface area contributed by atoms with Crippen LogP contribution in [0.2, 0.25) is 0 Å². The first-order valence-electron chi connectivity index (χ1n) is 4.37. The molecular weight excluding hydrogens is 276 g/mol. The van der Waals surface area contributed by atoms with E-state index in [-0.39, 0.29) is 5.75 Å². The molecule has 2 aromatic rings. The molecule has 1 aromatic heterocycles. The maximum absolute atomic E-state index is 9.27. The molecule has 0 fully saturated rings. The molecule has 1 aromatic carbocycles. The highest BCUT2D eigenvalue weighted by Crippen LogP contribution is 2.20. The van der Waals surface area contributed by atoms with E-state index in [1.54, 1.807) is 23.5 Å². The van der Waals surface area contributed by atoms with E-state index in [1.807, 2.05) is 17.5 Å². The molecule has 78 valence electrons. The van der Waals surface area contributed by atoms with E-state index in [2.05, 4.69) is 26.2 Å². The maximum Gasteiger partial charge on any atom is 0.184 e. The minimum atomic E-state index is 0.287. The van der Waals surface area contributed by atoms with E-state index in [1.165, 1.54) is 0 Å². The molecule has 0 saturated carbocycles. The Labute approximate surface area is 99.9 Å². The zero-order chi connectivity index (χ0) is 10.7. The molecule has 1 heterocycles. The summed E-state index contributed by atoms with van der Waals surface area (Å²) in [4.78, 5) is 4.21. The number of halogens is 1. The predicted octanol–water partition coefficient (Wildman–Crippen LogP) is 3.22. The van der Waals surface area contributed by atoms with E-state index >= 15 is 0 Å². The molecule has 0 aliphatic heterocycles. The van der Waals surface area contributed by atoms with Crippen molar-refractivity contribution in [3.8, 4) is 5.75 Å². The van der Waals surface area contributed by atoms with Crippen molar-refractivity contribution in [2.45, 2.75) is 6.54 Å². The number of phenolic OH excluding ortho intramolecular Hbond substituents is 1. The number of aromatic nitrogens is 1. The summed E-state index contributed by atoms with van der Waals surface area (Å²) in [6, 6.07) is 7.17. The van der Waals surface area contributed by atoms with Crippen molar-refractivity contribution < 1.29 is 5.11 Å². The highest BCUT2D eigenvalue weighted by molar-refractivity contribution is 9.10. The summed E-state index contributed by atoms with van der Waals surface area (Å²) >= 11 is 4.83. The first-order chi connectivity index (χ1) is 7.24. The van der Waals surface area contributed by atoms with Crippen LogP contribution >= 0.6 is 27.3 Å². The van der Waals surface area contributed by atoms with Gasteiger partial charge in [-0.25, -0.2) is 4.98 Å². The Morgan fingerprint density at radius 1 is 1.47 bits per heavy atom. The summed E-state index contributed by atoms with van der Waals surface area (Å²) in [5.74, 6) is 0.287. The van der Waals surface area contributed by atoms with Gasteiger partial charge in [0.1, 0.15) is 10.4 Å². The van der Waals surface area contributed by atoms with Crippen LogP contribution in [0.25, 0.3) is 0 Å². The SMILES string of the molecule is Oc1cccc(CNc2nc(Br)cs2)c1. The average Bonchev–Trinajstić information content (AvgIpc) is 2.62. The van der Waals surface area contributed by atoms with Gasteiger partial charge in [0.2, 0.25) is 0 Å². The molecule has 0 aliphatic rings. The van der Waals surface area contributed by atoms with Crippen molar-refractivity contribution in [3.63, 3.8) is 0 Å². The normalized spacial score (nSPS) is 10.2. The number of nitrogens with one attached hydrogen (secondary N) is 1. The summed E-state index contributed by atoms with van der Waals surface area (Å²) in [6.45, 7) is 0.661. The number of aromatic hydroxyl groups is 1. The topological polar surface area (TPSA) is 45.1 Å². The third-order valence-corrected chi connectivity index (χ3v) is 3.34. The molecule has 0 spiro atoms. The second-order valence-corrected chi connectivity index (χ2v) is 4.67. The van der Waals surface area contributed by atoms with Crippen LogP contribution in [0.4, 0.5) is 5.13 Å². The highest BCUT2D eigenvalue weighted by atomic mass is 79.9. The lowest BCUT2D eigenvalue weighted by Crippen LogP contribution is -1.98. The standard InChI is InChI=1S/C10H9BrN2OS/c11-9-6-15-10(13-9)12-5-7-2-1-3-8(14)4-7/h1-4,6,14H,5H2,(H,12,13). The molecule has 0 aliphatic carbocycles. The molecule has 5 heteroatoms. The third-order valence-electron chi connectivity index (χ3n) is 1.83. The van der Waals surface area contributed by atoms with Crippen LogP contribution in [0.1, 0.15) is 5.56 Å². The van der Waals surface area contributed by atoms with Crippen LogP contribution < -0.4 is 5.32 Å². The number of nitrogens with zero attached hydrogens (tertiary/aromatic N) is 1. The quantitative estimate of drug-likeness (QED) is 0.910. The molecular formula is C10H9BrN2OS. The van der Waals surface area contributed by atoms with Gasteiger partial charge in [0.15, 0.2) is 5.13 Å². The predicted molar refractivity (Wildman–Crippen MR) is 65.2 cm³/mol. The zero-order valence-electron chi connectivity index (χ0n) is 7.77. The Morgan fingerprint density at radius 2 is 2.33 bits per heavy atom. The van der Waals surface area contributed by atoms with Crippen molar-refractivity contribution in [1.29, 1.82) is 0 Å². The van der Waals surface area contributed by atoms with Gasteiger partial charge in [-0.2, -0.15) is 0 Å². The molecule has 0 saturated heterocycles. The Morgan fingerprint density at radius 3 is 3.00 bits per heavy atom. The third kappa shape index (κ3) is 2.94. The van der Waals surface area contributed by atoms with E-state index in [4.69, 9.17) is 0 Å². The van der Waals surface area contributed by atoms with E-state index in [0.717, 1.165) is 15.3 Å². The summed E-state index contributed by atoms with van der Waals surface area (Å²) in [7, 11) is 0. The van der Waals surface area contributed by atoms with Gasteiger partial charge >= 0.3 is 0 Å². The summed E-state index contributed by atoms with van der Waals surface area (Å²) < 4.78 is 0.839. The Bertz CT molecular complexity index is 458. The van der Waals surface area contributed by atoms with Crippen LogP contribution in [0.3, 0.4) is 0 Å². The fourth-order valence-corrected chi connectivity index (χ4v) is 2.32. The van der Waals surface area contributed by atoms with Gasteiger partial charge < -0.3 is 10.4 Å². The lowest BCUT2D eigenvalue weighted by atomic mass is 10.2. The largest absolute Gasteiger partial charge is 0.508 e. The number of thiazole rings is 1. The minimum absolute atomic E-state index is 0.287. The molecule has 15 heavy (non-hydrogen) atoms. The first-order valence-corrected chi connectivity index (χ1v) is 6.04. The van der Waals surface area contributed by atoms with Crippen LogP contribution in [-0.4, -0.2) is 10.1 Å². The lowest BCUT2D eigenvalue weighted by Gasteiger charge is -2.02. The van der Waals surface area contributed by atoms with Gasteiger partial charge in [0, 0.05) is 11.9 Å². The van der Waals surface area contributed by atoms with E-state index in [0.29, 0.717) is 6.54 Å². The summed E-state index contributed by atoms with van der Waals surface area (Å²) in [5.41, 5.74) is 1.03. The number of hydrogen-bond donors (Lipinski definition) is 2. The number of hydrogen-bond acceptors (Lipinski definition) is 4. The van der Waals surface area contributed by atoms with Crippen LogP contribution in [0, 0.1) is 0 Å². The zero-order valence-corrected chi connectivity index (χ0v) is 10.2. The molecule has 0 radical (unpaired) electrons. The van der Waals surface area contributed by atoms with Gasteiger partial charge in [-0.3, -0.25) is 0 Å². The van der Waals surface area contributed by atoms with Gasteiger partial charge in [0.05, 0.1) is 0 Å². The molecule has 3 nitrogen and oxygen atoms in total. The second-order valence-electron chi connectivity index (χ2n) is 3.00.